The summed E-state index contributed by atoms with van der Waals surface area (Å²) in [4.78, 5) is 27.3. The number of nitrogens with one attached hydrogen (secondary N) is 2. The van der Waals surface area contributed by atoms with E-state index in [1.165, 1.54) is 0 Å². The van der Waals surface area contributed by atoms with E-state index < -0.39 is 6.03 Å². The Labute approximate surface area is 180 Å². The molecule has 3 amide bonds. The highest BCUT2D eigenvalue weighted by atomic mass is 16.5. The standard InChI is InChI=1S/C22H25N5O4/c1-22(2,3)18-13-20(31-27-18)26-21(29)25-14-4-7-16(8-5-14)30-17-10-11-24-15(12-17)6-9-19(23)28/h4-5,7-8,10-13H,6,9H2,1-3H3,(H2,23,28)(H2,25,26,29). The van der Waals surface area contributed by atoms with E-state index in [0.717, 1.165) is 5.69 Å². The number of amides is 3. The molecule has 0 fully saturated rings. The van der Waals surface area contributed by atoms with Crippen molar-refractivity contribution in [2.24, 2.45) is 5.73 Å². The Morgan fingerprint density at radius 2 is 1.81 bits per heavy atom. The lowest BCUT2D eigenvalue weighted by molar-refractivity contribution is -0.118. The number of anilines is 2. The molecule has 0 radical (unpaired) electrons. The van der Waals surface area contributed by atoms with Crippen molar-refractivity contribution in [2.75, 3.05) is 10.6 Å². The highest BCUT2D eigenvalue weighted by Gasteiger charge is 2.19. The van der Waals surface area contributed by atoms with Crippen LogP contribution in [0.15, 0.2) is 53.2 Å². The van der Waals surface area contributed by atoms with Crippen LogP contribution in [-0.2, 0) is 16.6 Å². The number of aromatic nitrogens is 2. The van der Waals surface area contributed by atoms with E-state index in [2.05, 4.69) is 20.8 Å². The maximum absolute atomic E-state index is 12.2. The van der Waals surface area contributed by atoms with Gasteiger partial charge in [-0.15, -0.1) is 0 Å². The number of urea groups is 1. The van der Waals surface area contributed by atoms with Crippen molar-refractivity contribution in [3.05, 3.63) is 60.0 Å². The van der Waals surface area contributed by atoms with Crippen molar-refractivity contribution >= 4 is 23.5 Å². The van der Waals surface area contributed by atoms with E-state index in [-0.39, 0.29) is 23.6 Å². The zero-order valence-corrected chi connectivity index (χ0v) is 17.6. The van der Waals surface area contributed by atoms with Crippen LogP contribution in [0.5, 0.6) is 11.5 Å². The Morgan fingerprint density at radius 1 is 1.06 bits per heavy atom. The Hall–Kier alpha value is -3.88. The molecule has 0 atom stereocenters. The summed E-state index contributed by atoms with van der Waals surface area (Å²) in [6.07, 6.45) is 2.29. The average Bonchev–Trinajstić information content (AvgIpc) is 3.17. The average molecular weight is 423 g/mol. The third-order valence-corrected chi connectivity index (χ3v) is 4.28. The Balaban J connectivity index is 1.55. The smallest absolute Gasteiger partial charge is 0.326 e. The minimum Gasteiger partial charge on any atom is -0.457 e. The van der Waals surface area contributed by atoms with Crippen LogP contribution in [0, 0.1) is 0 Å². The minimum atomic E-state index is -0.446. The first-order chi connectivity index (χ1) is 14.7. The van der Waals surface area contributed by atoms with Gasteiger partial charge in [-0.3, -0.25) is 15.1 Å². The van der Waals surface area contributed by atoms with Crippen molar-refractivity contribution in [2.45, 2.75) is 39.0 Å². The van der Waals surface area contributed by atoms with Crippen molar-refractivity contribution in [3.63, 3.8) is 0 Å². The number of rotatable bonds is 7. The molecule has 0 saturated heterocycles. The van der Waals surface area contributed by atoms with E-state index in [1.807, 2.05) is 20.8 Å². The Kier molecular flexibility index (Phi) is 6.54. The molecule has 2 aromatic heterocycles. The molecule has 162 valence electrons. The van der Waals surface area contributed by atoms with Gasteiger partial charge in [0, 0.05) is 41.5 Å². The first kappa shape index (κ1) is 21.8. The fourth-order valence-electron chi connectivity index (χ4n) is 2.61. The lowest BCUT2D eigenvalue weighted by Gasteiger charge is -2.12. The number of carbonyl (C=O) groups is 2. The van der Waals surface area contributed by atoms with E-state index in [4.69, 9.17) is 15.0 Å². The Bertz CT molecular complexity index is 1050. The molecule has 0 aliphatic carbocycles. The fraction of sp³-hybridized carbons (Fsp3) is 0.273. The second kappa shape index (κ2) is 9.29. The van der Waals surface area contributed by atoms with Gasteiger partial charge >= 0.3 is 6.03 Å². The van der Waals surface area contributed by atoms with Crippen molar-refractivity contribution in [1.29, 1.82) is 0 Å². The Morgan fingerprint density at radius 3 is 2.45 bits per heavy atom. The molecule has 0 aliphatic rings. The van der Waals surface area contributed by atoms with Gasteiger partial charge in [0.05, 0.1) is 5.69 Å². The molecule has 1 aromatic carbocycles. The van der Waals surface area contributed by atoms with Gasteiger partial charge in [-0.2, -0.15) is 0 Å². The van der Waals surface area contributed by atoms with E-state index >= 15 is 0 Å². The molecular weight excluding hydrogens is 398 g/mol. The van der Waals surface area contributed by atoms with Crippen LogP contribution < -0.4 is 21.1 Å². The summed E-state index contributed by atoms with van der Waals surface area (Å²) >= 11 is 0. The summed E-state index contributed by atoms with van der Waals surface area (Å²) < 4.78 is 11.0. The van der Waals surface area contributed by atoms with Crippen molar-refractivity contribution in [1.82, 2.24) is 10.1 Å². The summed E-state index contributed by atoms with van der Waals surface area (Å²) in [5.41, 5.74) is 7.04. The summed E-state index contributed by atoms with van der Waals surface area (Å²) in [6.45, 7) is 6.02. The summed E-state index contributed by atoms with van der Waals surface area (Å²) in [5, 5.41) is 9.30. The third kappa shape index (κ3) is 6.56. The van der Waals surface area contributed by atoms with E-state index in [0.29, 0.717) is 29.3 Å². The van der Waals surface area contributed by atoms with E-state index in [9.17, 15) is 9.59 Å². The number of hydrogen-bond donors (Lipinski definition) is 3. The van der Waals surface area contributed by atoms with Crippen LogP contribution in [0.1, 0.15) is 38.6 Å². The van der Waals surface area contributed by atoms with Crippen LogP contribution in [0.4, 0.5) is 16.4 Å². The van der Waals surface area contributed by atoms with Gasteiger partial charge in [-0.25, -0.2) is 4.79 Å². The molecule has 0 aliphatic heterocycles. The maximum Gasteiger partial charge on any atom is 0.326 e. The van der Waals surface area contributed by atoms with Crippen molar-refractivity contribution < 1.29 is 18.8 Å². The van der Waals surface area contributed by atoms with Gasteiger partial charge in [-0.1, -0.05) is 25.9 Å². The van der Waals surface area contributed by atoms with Gasteiger partial charge in [0.1, 0.15) is 11.5 Å². The van der Waals surface area contributed by atoms with Gasteiger partial charge in [0.15, 0.2) is 0 Å². The van der Waals surface area contributed by atoms with Gasteiger partial charge in [0.2, 0.25) is 11.8 Å². The number of ether oxygens (including phenoxy) is 1. The molecule has 9 nitrogen and oxygen atoms in total. The third-order valence-electron chi connectivity index (χ3n) is 4.28. The lowest BCUT2D eigenvalue weighted by atomic mass is 9.92. The number of primary amides is 1. The van der Waals surface area contributed by atoms with Crippen LogP contribution in [0.2, 0.25) is 0 Å². The monoisotopic (exact) mass is 423 g/mol. The maximum atomic E-state index is 12.2. The quantitative estimate of drug-likeness (QED) is 0.521. The molecule has 0 unspecified atom stereocenters. The van der Waals surface area contributed by atoms with Gasteiger partial charge in [-0.05, 0) is 36.8 Å². The van der Waals surface area contributed by atoms with Crippen LogP contribution in [0.25, 0.3) is 0 Å². The fourth-order valence-corrected chi connectivity index (χ4v) is 2.61. The highest BCUT2D eigenvalue weighted by molar-refractivity contribution is 5.98. The van der Waals surface area contributed by atoms with Gasteiger partial charge < -0.3 is 20.3 Å². The second-order valence-corrected chi connectivity index (χ2v) is 7.98. The van der Waals surface area contributed by atoms with Crippen molar-refractivity contribution in [3.8, 4) is 11.5 Å². The molecule has 0 saturated carbocycles. The number of nitrogens with two attached hydrogens (primary N) is 1. The predicted octanol–water partition coefficient (Wildman–Crippen LogP) is 4.22. The zero-order valence-electron chi connectivity index (χ0n) is 17.6. The second-order valence-electron chi connectivity index (χ2n) is 7.98. The predicted molar refractivity (Wildman–Crippen MR) is 116 cm³/mol. The molecule has 2 heterocycles. The van der Waals surface area contributed by atoms with Crippen LogP contribution in [0.3, 0.4) is 0 Å². The molecule has 0 bridgehead atoms. The number of aryl methyl sites for hydroxylation is 1. The normalized spacial score (nSPS) is 11.1. The number of hydrogen-bond acceptors (Lipinski definition) is 6. The molecule has 0 spiro atoms. The highest BCUT2D eigenvalue weighted by Crippen LogP contribution is 2.25. The molecule has 4 N–H and O–H groups in total. The number of benzene rings is 1. The number of carbonyl (C=O) groups excluding carboxylic acids is 2. The zero-order chi connectivity index (χ0) is 22.4. The molecule has 31 heavy (non-hydrogen) atoms. The summed E-state index contributed by atoms with van der Waals surface area (Å²) in [5.74, 6) is 1.07. The largest absolute Gasteiger partial charge is 0.457 e. The molecule has 9 heteroatoms. The minimum absolute atomic E-state index is 0.173. The summed E-state index contributed by atoms with van der Waals surface area (Å²) in [7, 11) is 0. The first-order valence-corrected chi connectivity index (χ1v) is 9.75. The molecule has 3 aromatic rings. The molecule has 3 rings (SSSR count). The first-order valence-electron chi connectivity index (χ1n) is 9.75. The SMILES string of the molecule is CC(C)(C)c1cc(NC(=O)Nc2ccc(Oc3ccnc(CCC(N)=O)c3)cc2)on1. The topological polar surface area (TPSA) is 132 Å². The van der Waals surface area contributed by atoms with Crippen LogP contribution in [-0.4, -0.2) is 22.1 Å². The number of pyridine rings is 1. The number of nitrogens with zero attached hydrogens (tertiary/aromatic N) is 2. The lowest BCUT2D eigenvalue weighted by Crippen LogP contribution is -2.19. The summed E-state index contributed by atoms with van der Waals surface area (Å²) in [6, 6.07) is 11.6. The van der Waals surface area contributed by atoms with E-state index in [1.54, 1.807) is 48.7 Å². The van der Waals surface area contributed by atoms with Gasteiger partial charge in [0.25, 0.3) is 0 Å². The molecular formula is C22H25N5O4. The van der Waals surface area contributed by atoms with Crippen LogP contribution >= 0.6 is 0 Å².